The standard InChI is InChI=1S/C20H23NO2S/c1-2-23-20(22)18-16-12-6-7-13-17(16)24-19(18)21-14-8-11-15-9-4-3-5-10-15/h3-5,8-11,21H,2,6-7,12-14H2,1H3/b11-8+. The molecule has 1 aromatic heterocycles. The van der Waals surface area contributed by atoms with Gasteiger partial charge in [-0.05, 0) is 43.7 Å². The average Bonchev–Trinajstić information content (AvgIpc) is 2.98. The molecule has 1 aliphatic carbocycles. The Bertz CT molecular complexity index is 719. The smallest absolute Gasteiger partial charge is 0.341 e. The highest BCUT2D eigenvalue weighted by molar-refractivity contribution is 7.16. The molecule has 2 aromatic rings. The fourth-order valence-corrected chi connectivity index (χ4v) is 4.30. The number of carbonyl (C=O) groups excluding carboxylic acids is 1. The van der Waals surface area contributed by atoms with Gasteiger partial charge < -0.3 is 10.1 Å². The molecule has 0 amide bonds. The number of benzene rings is 1. The van der Waals surface area contributed by atoms with Gasteiger partial charge in [0.25, 0.3) is 0 Å². The topological polar surface area (TPSA) is 38.3 Å². The summed E-state index contributed by atoms with van der Waals surface area (Å²) in [6.45, 7) is 2.96. The van der Waals surface area contributed by atoms with Gasteiger partial charge in [0.1, 0.15) is 5.00 Å². The fourth-order valence-electron chi connectivity index (χ4n) is 3.02. The zero-order valence-corrected chi connectivity index (χ0v) is 14.8. The summed E-state index contributed by atoms with van der Waals surface area (Å²) in [6, 6.07) is 10.2. The molecular formula is C20H23NO2S. The van der Waals surface area contributed by atoms with Gasteiger partial charge in [0.2, 0.25) is 0 Å². The molecule has 4 heteroatoms. The summed E-state index contributed by atoms with van der Waals surface area (Å²) in [5, 5.41) is 4.37. The molecule has 1 heterocycles. The van der Waals surface area contributed by atoms with Crippen LogP contribution in [-0.2, 0) is 17.6 Å². The highest BCUT2D eigenvalue weighted by atomic mass is 32.1. The van der Waals surface area contributed by atoms with Crippen molar-refractivity contribution in [3.05, 3.63) is 58.0 Å². The Hall–Kier alpha value is -2.07. The molecule has 0 saturated carbocycles. The molecule has 0 fully saturated rings. The molecule has 1 aromatic carbocycles. The predicted octanol–water partition coefficient (Wildman–Crippen LogP) is 4.93. The first-order chi connectivity index (χ1) is 11.8. The maximum atomic E-state index is 12.4. The lowest BCUT2D eigenvalue weighted by Gasteiger charge is -2.12. The molecule has 0 unspecified atom stereocenters. The van der Waals surface area contributed by atoms with Gasteiger partial charge in [-0.15, -0.1) is 11.3 Å². The van der Waals surface area contributed by atoms with Crippen LogP contribution in [0.4, 0.5) is 5.00 Å². The van der Waals surface area contributed by atoms with Crippen molar-refractivity contribution < 1.29 is 9.53 Å². The minimum absolute atomic E-state index is 0.188. The number of rotatable bonds is 6. The highest BCUT2D eigenvalue weighted by Gasteiger charge is 2.25. The van der Waals surface area contributed by atoms with Crippen LogP contribution >= 0.6 is 11.3 Å². The van der Waals surface area contributed by atoms with Crippen molar-refractivity contribution in [1.82, 2.24) is 0 Å². The summed E-state index contributed by atoms with van der Waals surface area (Å²) >= 11 is 1.72. The van der Waals surface area contributed by atoms with E-state index in [2.05, 4.69) is 29.6 Å². The van der Waals surface area contributed by atoms with Crippen LogP contribution in [0.2, 0.25) is 0 Å². The van der Waals surface area contributed by atoms with E-state index >= 15 is 0 Å². The largest absolute Gasteiger partial charge is 0.462 e. The van der Waals surface area contributed by atoms with Crippen LogP contribution in [0.25, 0.3) is 6.08 Å². The summed E-state index contributed by atoms with van der Waals surface area (Å²) in [6.07, 6.45) is 8.61. The number of carbonyl (C=O) groups is 1. The minimum atomic E-state index is -0.188. The molecular weight excluding hydrogens is 318 g/mol. The Morgan fingerprint density at radius 2 is 2.04 bits per heavy atom. The van der Waals surface area contributed by atoms with Crippen LogP contribution in [0.1, 0.15) is 46.1 Å². The first kappa shape index (κ1) is 16.8. The van der Waals surface area contributed by atoms with E-state index in [0.29, 0.717) is 13.2 Å². The summed E-state index contributed by atoms with van der Waals surface area (Å²) in [7, 11) is 0. The lowest BCUT2D eigenvalue weighted by Crippen LogP contribution is -2.11. The summed E-state index contributed by atoms with van der Waals surface area (Å²) in [4.78, 5) is 13.7. The Labute approximate surface area is 147 Å². The quantitative estimate of drug-likeness (QED) is 0.757. The second-order valence-electron chi connectivity index (χ2n) is 5.83. The van der Waals surface area contributed by atoms with Crippen molar-refractivity contribution >= 4 is 28.4 Å². The number of thiophene rings is 1. The second-order valence-corrected chi connectivity index (χ2v) is 6.93. The molecule has 0 saturated heterocycles. The zero-order chi connectivity index (χ0) is 16.8. The molecule has 0 radical (unpaired) electrons. The van der Waals surface area contributed by atoms with Gasteiger partial charge in [-0.1, -0.05) is 42.5 Å². The Kier molecular flexibility index (Phi) is 5.70. The Balaban J connectivity index is 1.73. The van der Waals surface area contributed by atoms with Crippen molar-refractivity contribution in [2.45, 2.75) is 32.6 Å². The van der Waals surface area contributed by atoms with E-state index in [9.17, 15) is 4.79 Å². The second kappa shape index (κ2) is 8.15. The van der Waals surface area contributed by atoms with Gasteiger partial charge in [-0.2, -0.15) is 0 Å². The van der Waals surface area contributed by atoms with Gasteiger partial charge >= 0.3 is 5.97 Å². The molecule has 0 spiro atoms. The molecule has 24 heavy (non-hydrogen) atoms. The molecule has 126 valence electrons. The number of ether oxygens (including phenoxy) is 1. The molecule has 0 aliphatic heterocycles. The summed E-state index contributed by atoms with van der Waals surface area (Å²) in [5.74, 6) is -0.188. The maximum Gasteiger partial charge on any atom is 0.341 e. The van der Waals surface area contributed by atoms with Crippen LogP contribution in [0, 0.1) is 0 Å². The van der Waals surface area contributed by atoms with E-state index in [-0.39, 0.29) is 5.97 Å². The van der Waals surface area contributed by atoms with Gasteiger partial charge in [-0.3, -0.25) is 0 Å². The van der Waals surface area contributed by atoms with Crippen molar-refractivity contribution in [3.63, 3.8) is 0 Å². The molecule has 1 N–H and O–H groups in total. The van der Waals surface area contributed by atoms with Crippen molar-refractivity contribution in [3.8, 4) is 0 Å². The lowest BCUT2D eigenvalue weighted by atomic mass is 9.95. The van der Waals surface area contributed by atoms with Crippen LogP contribution in [0.5, 0.6) is 0 Å². The van der Waals surface area contributed by atoms with E-state index in [1.54, 1.807) is 11.3 Å². The summed E-state index contributed by atoms with van der Waals surface area (Å²) in [5.41, 5.74) is 3.15. The van der Waals surface area contributed by atoms with E-state index in [4.69, 9.17) is 4.74 Å². The Morgan fingerprint density at radius 1 is 1.25 bits per heavy atom. The fraction of sp³-hybridized carbons (Fsp3) is 0.350. The first-order valence-electron chi connectivity index (χ1n) is 8.56. The van der Waals surface area contributed by atoms with E-state index in [1.807, 2.05) is 25.1 Å². The first-order valence-corrected chi connectivity index (χ1v) is 9.38. The number of hydrogen-bond acceptors (Lipinski definition) is 4. The molecule has 3 rings (SSSR count). The molecule has 0 atom stereocenters. The van der Waals surface area contributed by atoms with Crippen LogP contribution < -0.4 is 5.32 Å². The molecule has 1 aliphatic rings. The number of fused-ring (bicyclic) bond motifs is 1. The minimum Gasteiger partial charge on any atom is -0.462 e. The third-order valence-electron chi connectivity index (χ3n) is 4.14. The van der Waals surface area contributed by atoms with Crippen LogP contribution in [-0.4, -0.2) is 19.1 Å². The zero-order valence-electron chi connectivity index (χ0n) is 14.0. The van der Waals surface area contributed by atoms with Gasteiger partial charge in [0, 0.05) is 11.4 Å². The van der Waals surface area contributed by atoms with Crippen molar-refractivity contribution in [1.29, 1.82) is 0 Å². The van der Waals surface area contributed by atoms with E-state index in [0.717, 1.165) is 29.8 Å². The number of nitrogens with one attached hydrogen (secondary N) is 1. The van der Waals surface area contributed by atoms with Crippen molar-refractivity contribution in [2.24, 2.45) is 0 Å². The number of anilines is 1. The van der Waals surface area contributed by atoms with Crippen LogP contribution in [0.15, 0.2) is 36.4 Å². The third-order valence-corrected chi connectivity index (χ3v) is 5.39. The van der Waals surface area contributed by atoms with Gasteiger partial charge in [0.05, 0.1) is 12.2 Å². The number of hydrogen-bond donors (Lipinski definition) is 1. The predicted molar refractivity (Wildman–Crippen MR) is 101 cm³/mol. The number of esters is 1. The van der Waals surface area contributed by atoms with E-state index in [1.165, 1.54) is 22.4 Å². The monoisotopic (exact) mass is 341 g/mol. The average molecular weight is 341 g/mol. The maximum absolute atomic E-state index is 12.4. The Morgan fingerprint density at radius 3 is 2.83 bits per heavy atom. The van der Waals surface area contributed by atoms with Gasteiger partial charge in [-0.25, -0.2) is 4.79 Å². The molecule has 3 nitrogen and oxygen atoms in total. The summed E-state index contributed by atoms with van der Waals surface area (Å²) < 4.78 is 5.28. The van der Waals surface area contributed by atoms with E-state index < -0.39 is 0 Å². The van der Waals surface area contributed by atoms with Gasteiger partial charge in [0.15, 0.2) is 0 Å². The highest BCUT2D eigenvalue weighted by Crippen LogP contribution is 2.38. The SMILES string of the molecule is CCOC(=O)c1c(NC/C=C/c2ccccc2)sc2c1CCCC2. The molecule has 0 bridgehead atoms. The lowest BCUT2D eigenvalue weighted by molar-refractivity contribution is 0.0526. The normalized spacial score (nSPS) is 13.7. The van der Waals surface area contributed by atoms with Crippen molar-refractivity contribution in [2.75, 3.05) is 18.5 Å². The third kappa shape index (κ3) is 3.88. The number of aryl methyl sites for hydroxylation is 1. The van der Waals surface area contributed by atoms with Crippen LogP contribution in [0.3, 0.4) is 0 Å².